The van der Waals surface area contributed by atoms with Crippen molar-refractivity contribution in [3.8, 4) is 0 Å². The first-order valence-corrected chi connectivity index (χ1v) is 0. The van der Waals surface area contributed by atoms with Crippen LogP contribution in [0.1, 0.15) is 0 Å². The van der Waals surface area contributed by atoms with Gasteiger partial charge in [0.2, 0.25) is 0 Å². The molecule has 0 amide bonds. The summed E-state index contributed by atoms with van der Waals surface area (Å²) < 4.78 is 0. The molecule has 7 heteroatoms. The van der Waals surface area contributed by atoms with E-state index < -0.39 is 0 Å². The van der Waals surface area contributed by atoms with Crippen LogP contribution < -0.4 is 72.6 Å². The summed E-state index contributed by atoms with van der Waals surface area (Å²) in [6.45, 7) is 0. The van der Waals surface area contributed by atoms with Gasteiger partial charge in [-0.3, -0.25) is 0 Å². The fourth-order valence-electron chi connectivity index (χ4n) is 0. The molecule has 0 aromatic heterocycles. The summed E-state index contributed by atoms with van der Waals surface area (Å²) >= 11 is 0. The molecular formula is H12I2N4Pd. The third kappa shape index (κ3) is 73.5. The second kappa shape index (κ2) is 100. The van der Waals surface area contributed by atoms with Gasteiger partial charge >= 0.3 is 20.4 Å². The van der Waals surface area contributed by atoms with Crippen molar-refractivity contribution in [3.63, 3.8) is 0 Å². The van der Waals surface area contributed by atoms with Gasteiger partial charge in [-0.05, 0) is 0 Å². The van der Waals surface area contributed by atoms with Crippen molar-refractivity contribution in [2.75, 3.05) is 0 Å². The van der Waals surface area contributed by atoms with Gasteiger partial charge in [0.15, 0.2) is 0 Å². The minimum absolute atomic E-state index is 0. The molecule has 0 saturated heterocycles. The van der Waals surface area contributed by atoms with Gasteiger partial charge in [0.1, 0.15) is 0 Å². The molecule has 0 fully saturated rings. The van der Waals surface area contributed by atoms with E-state index in [1.54, 1.807) is 0 Å². The smallest absolute Gasteiger partial charge is 1.00 e. The molecule has 0 aromatic carbocycles. The van der Waals surface area contributed by atoms with Crippen LogP contribution in [0, 0.1) is 0 Å². The van der Waals surface area contributed by atoms with Gasteiger partial charge in [-0.1, -0.05) is 0 Å². The summed E-state index contributed by atoms with van der Waals surface area (Å²) in [7, 11) is 0. The Balaban J connectivity index is 0. The number of rotatable bonds is 0. The Morgan fingerprint density at radius 3 is 0.429 bits per heavy atom. The van der Waals surface area contributed by atoms with E-state index in [2.05, 4.69) is 0 Å². The number of hydrogen-bond donors (Lipinski definition) is 4. The first-order valence-electron chi connectivity index (χ1n) is 0. The molecule has 12 N–H and O–H groups in total. The van der Waals surface area contributed by atoms with Crippen molar-refractivity contribution in [2.24, 2.45) is 0 Å². The molecule has 56 valence electrons. The molecular weight excluding hydrogens is 416 g/mol. The number of hydrogen-bond acceptors (Lipinski definition) is 4. The Kier molecular flexibility index (Phi) is 2110. The Hall–Kier alpha value is 1.96. The van der Waals surface area contributed by atoms with Crippen LogP contribution in [0.4, 0.5) is 0 Å². The van der Waals surface area contributed by atoms with Crippen molar-refractivity contribution in [1.82, 2.24) is 24.6 Å². The zero-order valence-corrected chi connectivity index (χ0v) is 9.77. The average Bonchev–Trinajstić information content (AvgIpc) is 0. The van der Waals surface area contributed by atoms with Crippen molar-refractivity contribution >= 4 is 0 Å². The fraction of sp³-hybridized carbons (Fsp3) is 0. The maximum Gasteiger partial charge on any atom is 2.00 e. The van der Waals surface area contributed by atoms with Crippen molar-refractivity contribution in [3.05, 3.63) is 0 Å². The van der Waals surface area contributed by atoms with Crippen LogP contribution >= 0.6 is 0 Å². The fourth-order valence-corrected chi connectivity index (χ4v) is 0. The zero-order valence-electron chi connectivity index (χ0n) is 3.90. The van der Waals surface area contributed by atoms with Gasteiger partial charge in [0.25, 0.3) is 0 Å². The molecule has 0 aliphatic rings. The van der Waals surface area contributed by atoms with Gasteiger partial charge in [0.05, 0.1) is 0 Å². The van der Waals surface area contributed by atoms with Gasteiger partial charge < -0.3 is 72.6 Å². The van der Waals surface area contributed by atoms with E-state index in [1.165, 1.54) is 0 Å². The van der Waals surface area contributed by atoms with E-state index in [0.717, 1.165) is 0 Å². The molecule has 0 spiro atoms. The van der Waals surface area contributed by atoms with Crippen molar-refractivity contribution in [2.45, 2.75) is 0 Å². The van der Waals surface area contributed by atoms with E-state index in [0.29, 0.717) is 0 Å². The second-order valence-electron chi connectivity index (χ2n) is 0. The van der Waals surface area contributed by atoms with Crippen molar-refractivity contribution < 1.29 is 68.4 Å². The topological polar surface area (TPSA) is 140 Å². The predicted molar refractivity (Wildman–Crippen MR) is 20.1 cm³/mol. The van der Waals surface area contributed by atoms with E-state index in [-0.39, 0.29) is 93.0 Å². The molecule has 0 saturated carbocycles. The Morgan fingerprint density at radius 2 is 0.429 bits per heavy atom. The Bertz CT molecular complexity index is 9.65. The summed E-state index contributed by atoms with van der Waals surface area (Å²) in [6, 6.07) is 0. The summed E-state index contributed by atoms with van der Waals surface area (Å²) in [4.78, 5) is 0. The Labute approximate surface area is 92.0 Å². The standard InChI is InChI=1S/2HI.4H3N.Pd/h2*1H;4*1H3;/q;;;;;;+2/p-2. The molecule has 0 bridgehead atoms. The van der Waals surface area contributed by atoms with E-state index in [9.17, 15) is 0 Å². The maximum atomic E-state index is 0. The second-order valence-corrected chi connectivity index (χ2v) is 0. The summed E-state index contributed by atoms with van der Waals surface area (Å²) in [5.41, 5.74) is 0. The molecule has 0 aliphatic carbocycles. The molecule has 0 heterocycles. The number of halogens is 2. The third-order valence-corrected chi connectivity index (χ3v) is 0. The van der Waals surface area contributed by atoms with Crippen LogP contribution in [0.15, 0.2) is 0 Å². The first kappa shape index (κ1) is 148. The van der Waals surface area contributed by atoms with Gasteiger partial charge in [-0.25, -0.2) is 0 Å². The summed E-state index contributed by atoms with van der Waals surface area (Å²) in [5.74, 6) is 0. The molecule has 0 aromatic rings. The molecule has 4 nitrogen and oxygen atoms in total. The van der Waals surface area contributed by atoms with Crippen LogP contribution in [-0.4, -0.2) is 0 Å². The van der Waals surface area contributed by atoms with Crippen LogP contribution in [0.5, 0.6) is 0 Å². The summed E-state index contributed by atoms with van der Waals surface area (Å²) in [5, 5.41) is 0. The SMILES string of the molecule is N.N.N.N.[I-].[I-].[Pd+2]. The molecule has 7 heavy (non-hydrogen) atoms. The summed E-state index contributed by atoms with van der Waals surface area (Å²) in [6.07, 6.45) is 0. The minimum Gasteiger partial charge on any atom is -1.00 e. The van der Waals surface area contributed by atoms with E-state index >= 15 is 0 Å². The van der Waals surface area contributed by atoms with Crippen LogP contribution in [0.25, 0.3) is 0 Å². The monoisotopic (exact) mass is 428 g/mol. The molecule has 0 radical (unpaired) electrons. The van der Waals surface area contributed by atoms with E-state index in [4.69, 9.17) is 0 Å². The zero-order chi connectivity index (χ0) is 0. The van der Waals surface area contributed by atoms with Crippen molar-refractivity contribution in [1.29, 1.82) is 0 Å². The average molecular weight is 428 g/mol. The third-order valence-electron chi connectivity index (χ3n) is 0. The maximum absolute atomic E-state index is 0. The molecule has 0 atom stereocenters. The first-order chi connectivity index (χ1) is 0. The van der Waals surface area contributed by atoms with Gasteiger partial charge in [-0.15, -0.1) is 0 Å². The Morgan fingerprint density at radius 1 is 0.429 bits per heavy atom. The normalized spacial score (nSPS) is 0. The van der Waals surface area contributed by atoms with Crippen LogP contribution in [-0.2, 0) is 20.4 Å². The quantitative estimate of drug-likeness (QED) is 0.226. The van der Waals surface area contributed by atoms with Gasteiger partial charge in [0, 0.05) is 0 Å². The van der Waals surface area contributed by atoms with Gasteiger partial charge in [-0.2, -0.15) is 0 Å². The molecule has 0 unspecified atom stereocenters. The van der Waals surface area contributed by atoms with E-state index in [1.807, 2.05) is 0 Å². The van der Waals surface area contributed by atoms with Crippen LogP contribution in [0.3, 0.4) is 0 Å². The van der Waals surface area contributed by atoms with Crippen LogP contribution in [0.2, 0.25) is 0 Å². The molecule has 0 rings (SSSR count). The largest absolute Gasteiger partial charge is 2.00 e. The predicted octanol–water partition coefficient (Wildman–Crippen LogP) is -5.35. The molecule has 0 aliphatic heterocycles. The minimum atomic E-state index is 0.